The van der Waals surface area contributed by atoms with E-state index in [1.807, 2.05) is 0 Å². The van der Waals surface area contributed by atoms with Crippen molar-refractivity contribution in [3.05, 3.63) is 12.1 Å². The zero-order valence-corrected chi connectivity index (χ0v) is 8.73. The molecule has 0 N–H and O–H groups in total. The lowest BCUT2D eigenvalue weighted by Crippen LogP contribution is -1.73. The molecule has 0 rings (SSSR count). The monoisotopic (exact) mass is 169 g/mol. The van der Waals surface area contributed by atoms with Crippen LogP contribution in [0.4, 0.5) is 0 Å². The molecule has 0 saturated carbocycles. The van der Waals surface area contributed by atoms with Crippen molar-refractivity contribution in [3.8, 4) is 0 Å². The third-order valence-corrected chi connectivity index (χ3v) is 2.02. The summed E-state index contributed by atoms with van der Waals surface area (Å²) < 4.78 is 7.65. The largest absolute Gasteiger partial charge is 0.0885 e. The molecule has 12 heavy (non-hydrogen) atoms. The van der Waals surface area contributed by atoms with Crippen LogP contribution in [0.2, 0.25) is 0 Å². The van der Waals surface area contributed by atoms with Gasteiger partial charge in [-0.15, -0.1) is 0 Å². The molecule has 0 spiro atoms. The number of rotatable bonds is 8. The second-order valence-electron chi connectivity index (χ2n) is 3.36. The van der Waals surface area contributed by atoms with Crippen LogP contribution in [0, 0.1) is 0 Å². The number of allylic oxidation sites excluding steroid dienone is 2. The normalized spacial score (nSPS) is 13.2. The Labute approximate surface area is 79.5 Å². The first kappa shape index (κ1) is 9.83. The smallest absolute Gasteiger partial charge is 0.0572 e. The zero-order valence-electron chi connectivity index (χ0n) is 9.73. The Hall–Kier alpha value is -0.260. The van der Waals surface area contributed by atoms with E-state index in [4.69, 9.17) is 1.37 Å². The number of hydrogen-bond acceptors (Lipinski definition) is 0. The van der Waals surface area contributed by atoms with Gasteiger partial charge in [-0.1, -0.05) is 51.7 Å². The van der Waals surface area contributed by atoms with Crippen molar-refractivity contribution >= 4 is 0 Å². The van der Waals surface area contributed by atoms with Crippen LogP contribution in [-0.2, 0) is 0 Å². The van der Waals surface area contributed by atoms with Crippen molar-refractivity contribution in [1.82, 2.24) is 0 Å². The lowest BCUT2D eigenvalue weighted by atomic mass is 10.1. The van der Waals surface area contributed by atoms with Gasteiger partial charge < -0.3 is 0 Å². The molecule has 0 nitrogen and oxygen atoms in total. The highest BCUT2D eigenvalue weighted by molar-refractivity contribution is 4.81. The summed E-state index contributed by atoms with van der Waals surface area (Å²) in [5.41, 5.74) is 0. The highest BCUT2D eigenvalue weighted by Gasteiger charge is 1.83. The van der Waals surface area contributed by atoms with Gasteiger partial charge in [0, 0.05) is 0 Å². The van der Waals surface area contributed by atoms with Crippen LogP contribution in [0.5, 0.6) is 0 Å². The molecule has 72 valence electrons. The summed E-state index contributed by atoms with van der Waals surface area (Å²) in [7, 11) is 0. The van der Waals surface area contributed by atoms with Crippen molar-refractivity contribution in [2.75, 3.05) is 0 Å². The average Bonchev–Trinajstić information content (AvgIpc) is 2.13. The van der Waals surface area contributed by atoms with E-state index >= 15 is 0 Å². The van der Waals surface area contributed by atoms with Gasteiger partial charge in [0.25, 0.3) is 0 Å². The first-order chi connectivity index (χ1) is 6.31. The van der Waals surface area contributed by atoms with Crippen molar-refractivity contribution in [3.63, 3.8) is 0 Å². The summed E-state index contributed by atoms with van der Waals surface area (Å²) in [6.07, 6.45) is 11.8. The predicted octanol–water partition coefficient (Wildman–Crippen LogP) is 4.70. The fourth-order valence-electron chi connectivity index (χ4n) is 1.18. The predicted molar refractivity (Wildman–Crippen MR) is 57.4 cm³/mol. The van der Waals surface area contributed by atoms with E-state index in [9.17, 15) is 0 Å². The Kier molecular flexibility index (Phi) is 8.79. The molecule has 0 aliphatic carbocycles. The van der Waals surface area contributed by atoms with Crippen LogP contribution in [0.15, 0.2) is 12.1 Å². The van der Waals surface area contributed by atoms with E-state index in [0.717, 1.165) is 18.9 Å². The van der Waals surface area contributed by atoms with E-state index in [2.05, 4.69) is 19.9 Å². The van der Waals surface area contributed by atoms with E-state index in [0.29, 0.717) is 0 Å². The molecule has 0 amide bonds. The van der Waals surface area contributed by atoms with Gasteiger partial charge in [-0.2, -0.15) is 0 Å². The van der Waals surface area contributed by atoms with Gasteiger partial charge in [-0.25, -0.2) is 0 Å². The van der Waals surface area contributed by atoms with Gasteiger partial charge in [0.2, 0.25) is 0 Å². The molecule has 0 atom stereocenters. The Morgan fingerprint density at radius 1 is 0.917 bits per heavy atom. The van der Waals surface area contributed by atoms with Gasteiger partial charge in [0.1, 0.15) is 0 Å². The lowest BCUT2D eigenvalue weighted by molar-refractivity contribution is 0.715. The molecular formula is C12H24. The van der Waals surface area contributed by atoms with Crippen LogP contribution in [0.3, 0.4) is 0 Å². The fraction of sp³-hybridized carbons (Fsp3) is 0.833. The second kappa shape index (κ2) is 10.7. The molecule has 0 fully saturated rings. The summed E-state index contributed by atoms with van der Waals surface area (Å²) >= 11 is 0. The molecular weight excluding hydrogens is 144 g/mol. The van der Waals surface area contributed by atoms with Crippen LogP contribution in [-0.4, -0.2) is 0 Å². The van der Waals surface area contributed by atoms with Crippen LogP contribution in [0.25, 0.3) is 0 Å². The fourth-order valence-corrected chi connectivity index (χ4v) is 1.18. The van der Waals surface area contributed by atoms with Crippen molar-refractivity contribution in [2.24, 2.45) is 0 Å². The zero-order chi connectivity index (χ0) is 9.94. The first-order valence-corrected chi connectivity index (χ1v) is 5.46. The minimum Gasteiger partial charge on any atom is -0.0885 e. The highest BCUT2D eigenvalue weighted by Crippen LogP contribution is 2.03. The quantitative estimate of drug-likeness (QED) is 0.365. The van der Waals surface area contributed by atoms with E-state index in [-0.39, 0.29) is 0 Å². The number of unbranched alkanes of at least 4 members (excludes halogenated alkanes) is 5. The summed E-state index contributed by atoms with van der Waals surface area (Å²) in [6.45, 7) is 4.42. The van der Waals surface area contributed by atoms with E-state index < -0.39 is 0 Å². The third kappa shape index (κ3) is 9.74. The Morgan fingerprint density at radius 2 is 1.50 bits per heavy atom. The van der Waals surface area contributed by atoms with Crippen LogP contribution in [0.1, 0.15) is 66.6 Å². The topological polar surface area (TPSA) is 0 Å². The Bertz CT molecular complexity index is 127. The highest BCUT2D eigenvalue weighted by atomic mass is 13.9. The van der Waals surface area contributed by atoms with Gasteiger partial charge in [0.15, 0.2) is 0 Å². The minimum atomic E-state index is 0.851. The van der Waals surface area contributed by atoms with Crippen molar-refractivity contribution in [1.29, 1.82) is 0 Å². The summed E-state index contributed by atoms with van der Waals surface area (Å²) in [6, 6.07) is 0.851. The van der Waals surface area contributed by atoms with E-state index in [1.165, 1.54) is 38.5 Å². The maximum absolute atomic E-state index is 7.65. The minimum absolute atomic E-state index is 0.851. The molecule has 0 aliphatic heterocycles. The molecule has 0 unspecified atom stereocenters. The van der Waals surface area contributed by atoms with Crippen LogP contribution < -0.4 is 0 Å². The van der Waals surface area contributed by atoms with Crippen LogP contribution >= 0.6 is 0 Å². The molecule has 0 saturated heterocycles. The molecule has 0 aliphatic rings. The maximum atomic E-state index is 7.65. The lowest BCUT2D eigenvalue weighted by Gasteiger charge is -1.93. The van der Waals surface area contributed by atoms with E-state index in [1.54, 1.807) is 0 Å². The second-order valence-corrected chi connectivity index (χ2v) is 3.36. The summed E-state index contributed by atoms with van der Waals surface area (Å²) in [5.74, 6) is 0. The summed E-state index contributed by atoms with van der Waals surface area (Å²) in [4.78, 5) is 0. The Balaban J connectivity index is 3.29. The molecule has 0 aromatic carbocycles. The van der Waals surface area contributed by atoms with Gasteiger partial charge >= 0.3 is 0 Å². The standard InChI is InChI=1S/C12H24/c1-3-5-7-9-11-12-10-8-6-4-2/h11-12H,3-10H2,1-2H3/b12-11-/i11D. The Morgan fingerprint density at radius 3 is 2.08 bits per heavy atom. The molecule has 0 heterocycles. The molecule has 0 heteroatoms. The average molecular weight is 169 g/mol. The first-order valence-electron chi connectivity index (χ1n) is 5.96. The molecule has 0 radical (unpaired) electrons. The summed E-state index contributed by atoms with van der Waals surface area (Å²) in [5, 5.41) is 0. The van der Waals surface area contributed by atoms with Gasteiger partial charge in [-0.05, 0) is 25.7 Å². The van der Waals surface area contributed by atoms with Crippen molar-refractivity contribution in [2.45, 2.75) is 65.2 Å². The molecule has 0 bridgehead atoms. The van der Waals surface area contributed by atoms with Crippen molar-refractivity contribution < 1.29 is 1.37 Å². The molecule has 0 aromatic rings. The maximum Gasteiger partial charge on any atom is 0.0572 e. The van der Waals surface area contributed by atoms with Gasteiger partial charge in [0.05, 0.1) is 1.37 Å². The third-order valence-electron chi connectivity index (χ3n) is 2.02. The SMILES string of the molecule is [2H]/C(=C/CCCCC)CCCCC. The number of hydrogen-bond donors (Lipinski definition) is 0. The molecule has 0 aromatic heterocycles. The van der Waals surface area contributed by atoms with Gasteiger partial charge in [-0.3, -0.25) is 0 Å².